The summed E-state index contributed by atoms with van der Waals surface area (Å²) in [7, 11) is 0. The summed E-state index contributed by atoms with van der Waals surface area (Å²) in [6.45, 7) is 3.73. The first kappa shape index (κ1) is 21.0. The van der Waals surface area contributed by atoms with Crippen LogP contribution in [0.1, 0.15) is 76.7 Å². The van der Waals surface area contributed by atoms with E-state index in [1.165, 1.54) is 44.6 Å². The molecule has 0 aliphatic heterocycles. The minimum Gasteiger partial charge on any atom is -0.481 e. The Morgan fingerprint density at radius 3 is 2.20 bits per heavy atom. The summed E-state index contributed by atoms with van der Waals surface area (Å²) in [5, 5.41) is 0.881. The molecule has 2 aromatic rings. The molecule has 1 aromatic carbocycles. The van der Waals surface area contributed by atoms with E-state index in [1.54, 1.807) is 6.07 Å². The minimum absolute atomic E-state index is 0.0968. The van der Waals surface area contributed by atoms with Crippen LogP contribution in [0.3, 0.4) is 0 Å². The Morgan fingerprint density at radius 1 is 1.00 bits per heavy atom. The van der Waals surface area contributed by atoms with E-state index in [2.05, 4.69) is 4.90 Å². The van der Waals surface area contributed by atoms with Gasteiger partial charge in [-0.2, -0.15) is 0 Å². The van der Waals surface area contributed by atoms with Crippen LogP contribution < -0.4 is 10.4 Å². The summed E-state index contributed by atoms with van der Waals surface area (Å²) in [6.07, 6.45) is 11.2. The number of carbonyl (C=O) groups is 1. The first-order chi connectivity index (χ1) is 14.5. The topological polar surface area (TPSA) is 59.8 Å². The number of hydrogen-bond acceptors (Lipinski definition) is 4. The SMILES string of the molecule is Cc1cc(=O)oc2cc(OC(C)C(=O)N(C3CCCCC3)C3CCCCC3)ccc12. The van der Waals surface area contributed by atoms with Crippen LogP contribution in [0.15, 0.2) is 33.5 Å². The number of amides is 1. The lowest BCUT2D eigenvalue weighted by molar-refractivity contribution is -0.145. The average molecular weight is 412 g/mol. The molecule has 0 bridgehead atoms. The van der Waals surface area contributed by atoms with E-state index in [9.17, 15) is 9.59 Å². The van der Waals surface area contributed by atoms with Crippen LogP contribution in [0.2, 0.25) is 0 Å². The van der Waals surface area contributed by atoms with Crippen LogP contribution in [0.4, 0.5) is 0 Å². The molecule has 5 nitrogen and oxygen atoms in total. The third-order valence-corrected chi connectivity index (χ3v) is 6.77. The maximum Gasteiger partial charge on any atom is 0.336 e. The number of rotatable bonds is 5. The van der Waals surface area contributed by atoms with Crippen LogP contribution >= 0.6 is 0 Å². The zero-order valence-corrected chi connectivity index (χ0v) is 18.2. The highest BCUT2D eigenvalue weighted by Gasteiger charge is 2.35. The molecule has 0 saturated heterocycles. The van der Waals surface area contributed by atoms with Gasteiger partial charge in [0.15, 0.2) is 6.10 Å². The molecule has 30 heavy (non-hydrogen) atoms. The highest BCUT2D eigenvalue weighted by atomic mass is 16.5. The Balaban J connectivity index is 1.54. The van der Waals surface area contributed by atoms with Crippen LogP contribution in [-0.4, -0.2) is 29.0 Å². The van der Waals surface area contributed by atoms with E-state index < -0.39 is 6.10 Å². The van der Waals surface area contributed by atoms with E-state index in [-0.39, 0.29) is 11.5 Å². The lowest BCUT2D eigenvalue weighted by atomic mass is 9.88. The molecular weight excluding hydrogens is 378 g/mol. The zero-order chi connectivity index (χ0) is 21.1. The Morgan fingerprint density at radius 2 is 1.60 bits per heavy atom. The molecule has 0 N–H and O–H groups in total. The predicted octanol–water partition coefficient (Wildman–Crippen LogP) is 5.36. The summed E-state index contributed by atoms with van der Waals surface area (Å²) in [4.78, 5) is 27.5. The van der Waals surface area contributed by atoms with E-state index in [1.807, 2.05) is 26.0 Å². The van der Waals surface area contributed by atoms with Gasteiger partial charge in [0.2, 0.25) is 0 Å². The van der Waals surface area contributed by atoms with Gasteiger partial charge in [0.25, 0.3) is 5.91 Å². The number of benzene rings is 1. The van der Waals surface area contributed by atoms with Gasteiger partial charge in [0.05, 0.1) is 0 Å². The van der Waals surface area contributed by atoms with E-state index >= 15 is 0 Å². The first-order valence-electron chi connectivity index (χ1n) is 11.6. The van der Waals surface area contributed by atoms with Crippen molar-refractivity contribution in [1.82, 2.24) is 4.90 Å². The second-order valence-corrected chi connectivity index (χ2v) is 9.00. The van der Waals surface area contributed by atoms with Crippen LogP contribution in [-0.2, 0) is 4.79 Å². The van der Waals surface area contributed by atoms with Gasteiger partial charge in [-0.15, -0.1) is 0 Å². The van der Waals surface area contributed by atoms with E-state index in [0.717, 1.165) is 36.6 Å². The predicted molar refractivity (Wildman–Crippen MR) is 118 cm³/mol. The fraction of sp³-hybridized carbons (Fsp3) is 0.600. The van der Waals surface area contributed by atoms with Crippen molar-refractivity contribution >= 4 is 16.9 Å². The van der Waals surface area contributed by atoms with Gasteiger partial charge in [-0.05, 0) is 57.2 Å². The quantitative estimate of drug-likeness (QED) is 0.621. The molecule has 1 unspecified atom stereocenters. The van der Waals surface area contributed by atoms with Crippen molar-refractivity contribution in [2.45, 2.75) is 96.2 Å². The second kappa shape index (κ2) is 9.23. The molecule has 2 fully saturated rings. The van der Waals surface area contributed by atoms with Gasteiger partial charge in [-0.3, -0.25) is 4.79 Å². The van der Waals surface area contributed by atoms with Crippen molar-refractivity contribution in [2.24, 2.45) is 0 Å². The van der Waals surface area contributed by atoms with Crippen molar-refractivity contribution in [3.8, 4) is 5.75 Å². The molecule has 4 rings (SSSR count). The smallest absolute Gasteiger partial charge is 0.336 e. The molecule has 1 aromatic heterocycles. The summed E-state index contributed by atoms with van der Waals surface area (Å²) < 4.78 is 11.4. The third kappa shape index (κ3) is 4.55. The lowest BCUT2D eigenvalue weighted by Crippen LogP contribution is -2.52. The molecule has 2 aliphatic rings. The molecule has 1 heterocycles. The molecule has 5 heteroatoms. The maximum atomic E-state index is 13.5. The Labute approximate surface area is 178 Å². The Bertz CT molecular complexity index is 920. The van der Waals surface area contributed by atoms with Gasteiger partial charge < -0.3 is 14.1 Å². The number of nitrogens with zero attached hydrogens (tertiary/aromatic N) is 1. The van der Waals surface area contributed by atoms with E-state index in [4.69, 9.17) is 9.15 Å². The van der Waals surface area contributed by atoms with Gasteiger partial charge in [-0.1, -0.05) is 38.5 Å². The first-order valence-corrected chi connectivity index (χ1v) is 11.6. The fourth-order valence-electron chi connectivity index (χ4n) is 5.22. The average Bonchev–Trinajstić information content (AvgIpc) is 2.75. The van der Waals surface area contributed by atoms with Gasteiger partial charge >= 0.3 is 5.63 Å². The minimum atomic E-state index is -0.567. The standard InChI is InChI=1S/C25H33NO4/c1-17-15-24(27)30-23-16-21(13-14-22(17)23)29-18(2)25(28)26(19-9-5-3-6-10-19)20-11-7-4-8-12-20/h13-16,18-20H,3-12H2,1-2H3. The summed E-state index contributed by atoms with van der Waals surface area (Å²) in [5.74, 6) is 0.656. The molecule has 0 spiro atoms. The lowest BCUT2D eigenvalue weighted by Gasteiger charge is -2.42. The van der Waals surface area contributed by atoms with E-state index in [0.29, 0.717) is 23.4 Å². The van der Waals surface area contributed by atoms with Crippen molar-refractivity contribution in [1.29, 1.82) is 0 Å². The van der Waals surface area contributed by atoms with Crippen LogP contribution in [0, 0.1) is 6.92 Å². The largest absolute Gasteiger partial charge is 0.481 e. The van der Waals surface area contributed by atoms with Crippen molar-refractivity contribution in [3.63, 3.8) is 0 Å². The van der Waals surface area contributed by atoms with Crippen molar-refractivity contribution in [2.75, 3.05) is 0 Å². The Kier molecular flexibility index (Phi) is 6.45. The van der Waals surface area contributed by atoms with Gasteiger partial charge in [0, 0.05) is 29.6 Å². The molecule has 2 aliphatic carbocycles. The van der Waals surface area contributed by atoms with Crippen molar-refractivity contribution < 1.29 is 13.9 Å². The molecular formula is C25H33NO4. The van der Waals surface area contributed by atoms with Gasteiger partial charge in [-0.25, -0.2) is 4.79 Å². The number of ether oxygens (including phenoxy) is 1. The highest BCUT2D eigenvalue weighted by molar-refractivity contribution is 5.83. The highest BCUT2D eigenvalue weighted by Crippen LogP contribution is 2.31. The zero-order valence-electron chi connectivity index (χ0n) is 18.2. The molecule has 0 radical (unpaired) electrons. The molecule has 2 saturated carbocycles. The van der Waals surface area contributed by atoms with Crippen LogP contribution in [0.5, 0.6) is 5.75 Å². The van der Waals surface area contributed by atoms with Crippen molar-refractivity contribution in [3.05, 3.63) is 40.2 Å². The number of fused-ring (bicyclic) bond motifs is 1. The number of hydrogen-bond donors (Lipinski definition) is 0. The normalized spacial score (nSPS) is 19.5. The fourth-order valence-corrected chi connectivity index (χ4v) is 5.22. The summed E-state index contributed by atoms with van der Waals surface area (Å²) in [5.41, 5.74) is 0.994. The molecule has 1 amide bonds. The third-order valence-electron chi connectivity index (χ3n) is 6.77. The van der Waals surface area contributed by atoms with Crippen LogP contribution in [0.25, 0.3) is 11.0 Å². The van der Waals surface area contributed by atoms with Gasteiger partial charge in [0.1, 0.15) is 11.3 Å². The summed E-state index contributed by atoms with van der Waals surface area (Å²) in [6, 6.07) is 7.64. The second-order valence-electron chi connectivity index (χ2n) is 9.00. The Hall–Kier alpha value is -2.30. The monoisotopic (exact) mass is 411 g/mol. The number of carbonyl (C=O) groups excluding carboxylic acids is 1. The maximum absolute atomic E-state index is 13.5. The molecule has 1 atom stereocenters. The summed E-state index contributed by atoms with van der Waals surface area (Å²) >= 11 is 0. The molecule has 162 valence electrons. The number of aryl methyl sites for hydroxylation is 1.